The lowest BCUT2D eigenvalue weighted by molar-refractivity contribution is 0.460. The zero-order valence-corrected chi connectivity index (χ0v) is 11.6. The van der Waals surface area contributed by atoms with Crippen molar-refractivity contribution >= 4 is 5.95 Å². The van der Waals surface area contributed by atoms with Crippen LogP contribution in [-0.2, 0) is 7.05 Å². The van der Waals surface area contributed by atoms with Gasteiger partial charge < -0.3 is 5.32 Å². The van der Waals surface area contributed by atoms with E-state index in [1.165, 1.54) is 32.1 Å². The predicted octanol–water partition coefficient (Wildman–Crippen LogP) is 2.66. The fraction of sp³-hybridized carbons (Fsp3) is 0.571. The van der Waals surface area contributed by atoms with Crippen molar-refractivity contribution in [3.05, 3.63) is 24.3 Å². The van der Waals surface area contributed by atoms with Crippen LogP contribution in [0.2, 0.25) is 0 Å². The highest BCUT2D eigenvalue weighted by molar-refractivity contribution is 5.43. The van der Waals surface area contributed by atoms with Gasteiger partial charge in [0.1, 0.15) is 0 Å². The summed E-state index contributed by atoms with van der Waals surface area (Å²) in [7, 11) is 1.95. The molecule has 1 saturated carbocycles. The van der Waals surface area contributed by atoms with Crippen molar-refractivity contribution in [1.29, 1.82) is 0 Å². The molecule has 1 N–H and O–H groups in total. The lowest BCUT2D eigenvalue weighted by Crippen LogP contribution is -2.24. The molecule has 1 aliphatic carbocycles. The number of nitrogens with zero attached hydrogens (tertiary/aromatic N) is 4. The number of rotatable bonds is 3. The summed E-state index contributed by atoms with van der Waals surface area (Å²) in [6, 6.07) is 0.562. The van der Waals surface area contributed by atoms with Crippen molar-refractivity contribution in [3.8, 4) is 5.69 Å². The first-order chi connectivity index (χ1) is 9.24. The summed E-state index contributed by atoms with van der Waals surface area (Å²) in [5, 5.41) is 7.97. The molecule has 0 bridgehead atoms. The Bertz CT molecular complexity index is 548. The van der Waals surface area contributed by atoms with E-state index in [2.05, 4.69) is 20.0 Å². The third-order valence-corrected chi connectivity index (χ3v) is 3.83. The number of aryl methyl sites for hydroxylation is 2. The second-order valence-corrected chi connectivity index (χ2v) is 5.37. The Labute approximate surface area is 113 Å². The summed E-state index contributed by atoms with van der Waals surface area (Å²) in [5.41, 5.74) is 2.12. The Hall–Kier alpha value is -1.78. The summed E-state index contributed by atoms with van der Waals surface area (Å²) in [6.45, 7) is 2.03. The first-order valence-electron chi connectivity index (χ1n) is 7.04. The first-order valence-corrected chi connectivity index (χ1v) is 7.04. The Morgan fingerprint density at radius 3 is 2.74 bits per heavy atom. The van der Waals surface area contributed by atoms with E-state index in [4.69, 9.17) is 0 Å². The van der Waals surface area contributed by atoms with Gasteiger partial charge in [0.05, 0.1) is 11.4 Å². The molecule has 1 fully saturated rings. The maximum Gasteiger partial charge on any atom is 0.207 e. The summed E-state index contributed by atoms with van der Waals surface area (Å²) < 4.78 is 3.94. The Kier molecular flexibility index (Phi) is 3.27. The van der Waals surface area contributed by atoms with E-state index in [0.29, 0.717) is 6.04 Å². The fourth-order valence-electron chi connectivity index (χ4n) is 2.86. The smallest absolute Gasteiger partial charge is 0.207 e. The second kappa shape index (κ2) is 5.07. The highest BCUT2D eigenvalue weighted by Crippen LogP contribution is 2.23. The molecule has 5 heteroatoms. The van der Waals surface area contributed by atoms with E-state index >= 15 is 0 Å². The zero-order valence-electron chi connectivity index (χ0n) is 11.6. The van der Waals surface area contributed by atoms with Gasteiger partial charge in [0.2, 0.25) is 5.95 Å². The molecule has 0 spiro atoms. The van der Waals surface area contributed by atoms with Gasteiger partial charge in [-0.25, -0.2) is 4.98 Å². The fourth-order valence-corrected chi connectivity index (χ4v) is 2.86. The van der Waals surface area contributed by atoms with Crippen LogP contribution < -0.4 is 5.32 Å². The van der Waals surface area contributed by atoms with Crippen LogP contribution in [0, 0.1) is 6.92 Å². The average Bonchev–Trinajstić information content (AvgIpc) is 2.97. The van der Waals surface area contributed by atoms with Crippen LogP contribution in [0.3, 0.4) is 0 Å². The summed E-state index contributed by atoms with van der Waals surface area (Å²) in [6.07, 6.45) is 12.4. The SMILES string of the molecule is Cc1nn(C)cc1-n1ccnc1NC1CCCCC1. The number of nitrogens with one attached hydrogen (secondary N) is 1. The van der Waals surface area contributed by atoms with Gasteiger partial charge in [-0.15, -0.1) is 0 Å². The Morgan fingerprint density at radius 2 is 2.05 bits per heavy atom. The van der Waals surface area contributed by atoms with Crippen molar-refractivity contribution in [3.63, 3.8) is 0 Å². The van der Waals surface area contributed by atoms with Crippen LogP contribution in [0.1, 0.15) is 37.8 Å². The average molecular weight is 259 g/mol. The standard InChI is InChI=1S/C14H21N5/c1-11-13(10-18(2)17-11)19-9-8-15-14(19)16-12-6-4-3-5-7-12/h8-10,12H,3-7H2,1-2H3,(H,15,16). The number of imidazole rings is 1. The van der Waals surface area contributed by atoms with Crippen LogP contribution >= 0.6 is 0 Å². The van der Waals surface area contributed by atoms with E-state index < -0.39 is 0 Å². The molecule has 2 heterocycles. The quantitative estimate of drug-likeness (QED) is 0.922. The molecule has 1 aliphatic rings. The number of hydrogen-bond acceptors (Lipinski definition) is 3. The molecule has 19 heavy (non-hydrogen) atoms. The maximum atomic E-state index is 4.45. The molecule has 0 saturated heterocycles. The van der Waals surface area contributed by atoms with E-state index in [-0.39, 0.29) is 0 Å². The van der Waals surface area contributed by atoms with E-state index in [9.17, 15) is 0 Å². The predicted molar refractivity (Wildman–Crippen MR) is 75.6 cm³/mol. The molecule has 0 radical (unpaired) electrons. The van der Waals surface area contributed by atoms with Gasteiger partial charge >= 0.3 is 0 Å². The topological polar surface area (TPSA) is 47.7 Å². The molecule has 2 aromatic heterocycles. The molecular formula is C14H21N5. The molecule has 5 nitrogen and oxygen atoms in total. The van der Waals surface area contributed by atoms with Crippen LogP contribution in [0.5, 0.6) is 0 Å². The van der Waals surface area contributed by atoms with Crippen molar-refractivity contribution in [2.45, 2.75) is 45.1 Å². The van der Waals surface area contributed by atoms with Crippen molar-refractivity contribution in [2.24, 2.45) is 7.05 Å². The number of hydrogen-bond donors (Lipinski definition) is 1. The summed E-state index contributed by atoms with van der Waals surface area (Å²) >= 11 is 0. The van der Waals surface area contributed by atoms with Crippen LogP contribution in [0.25, 0.3) is 5.69 Å². The van der Waals surface area contributed by atoms with Crippen LogP contribution in [0.4, 0.5) is 5.95 Å². The van der Waals surface area contributed by atoms with Gasteiger partial charge in [-0.1, -0.05) is 19.3 Å². The van der Waals surface area contributed by atoms with E-state index in [1.807, 2.05) is 37.2 Å². The third kappa shape index (κ3) is 2.50. The van der Waals surface area contributed by atoms with Gasteiger partial charge in [-0.2, -0.15) is 5.10 Å². The highest BCUT2D eigenvalue weighted by Gasteiger charge is 2.16. The second-order valence-electron chi connectivity index (χ2n) is 5.37. The lowest BCUT2D eigenvalue weighted by Gasteiger charge is -2.23. The minimum absolute atomic E-state index is 0.562. The van der Waals surface area contributed by atoms with Crippen molar-refractivity contribution in [2.75, 3.05) is 5.32 Å². The highest BCUT2D eigenvalue weighted by atomic mass is 15.3. The number of anilines is 1. The molecule has 0 aliphatic heterocycles. The van der Waals surface area contributed by atoms with Gasteiger partial charge in [0.25, 0.3) is 0 Å². The first kappa shape index (κ1) is 12.3. The molecule has 0 atom stereocenters. The van der Waals surface area contributed by atoms with Crippen LogP contribution in [0.15, 0.2) is 18.6 Å². The largest absolute Gasteiger partial charge is 0.353 e. The normalized spacial score (nSPS) is 16.7. The maximum absolute atomic E-state index is 4.45. The minimum Gasteiger partial charge on any atom is -0.353 e. The Morgan fingerprint density at radius 1 is 1.26 bits per heavy atom. The monoisotopic (exact) mass is 259 g/mol. The zero-order chi connectivity index (χ0) is 13.2. The lowest BCUT2D eigenvalue weighted by atomic mass is 9.96. The molecule has 2 aromatic rings. The minimum atomic E-state index is 0.562. The van der Waals surface area contributed by atoms with Gasteiger partial charge in [-0.05, 0) is 19.8 Å². The van der Waals surface area contributed by atoms with Gasteiger partial charge in [0, 0.05) is 31.7 Å². The van der Waals surface area contributed by atoms with Crippen molar-refractivity contribution < 1.29 is 0 Å². The Balaban J connectivity index is 1.83. The van der Waals surface area contributed by atoms with Gasteiger partial charge in [0.15, 0.2) is 0 Å². The third-order valence-electron chi connectivity index (χ3n) is 3.83. The molecule has 3 rings (SSSR count). The van der Waals surface area contributed by atoms with E-state index in [0.717, 1.165) is 17.3 Å². The summed E-state index contributed by atoms with van der Waals surface area (Å²) in [5.74, 6) is 0.933. The molecule has 0 aromatic carbocycles. The van der Waals surface area contributed by atoms with Crippen LogP contribution in [-0.4, -0.2) is 25.4 Å². The van der Waals surface area contributed by atoms with Crippen molar-refractivity contribution in [1.82, 2.24) is 19.3 Å². The van der Waals surface area contributed by atoms with E-state index in [1.54, 1.807) is 0 Å². The molecular weight excluding hydrogens is 238 g/mol. The summed E-state index contributed by atoms with van der Waals surface area (Å²) in [4.78, 5) is 4.45. The molecule has 0 amide bonds. The molecule has 0 unspecified atom stereocenters. The number of aromatic nitrogens is 4. The van der Waals surface area contributed by atoms with Gasteiger partial charge in [-0.3, -0.25) is 9.25 Å². The molecule has 102 valence electrons.